The van der Waals surface area contributed by atoms with Crippen LogP contribution < -0.4 is 15.4 Å². The van der Waals surface area contributed by atoms with Crippen molar-refractivity contribution in [3.8, 4) is 5.88 Å². The summed E-state index contributed by atoms with van der Waals surface area (Å²) in [5, 5.41) is 6.77. The van der Waals surface area contributed by atoms with Gasteiger partial charge in [-0.3, -0.25) is 4.98 Å². The number of hydrogen-bond donors (Lipinski definition) is 2. The molecule has 1 fully saturated rings. The first-order chi connectivity index (χ1) is 8.74. The van der Waals surface area contributed by atoms with Crippen molar-refractivity contribution in [1.82, 2.24) is 15.3 Å². The van der Waals surface area contributed by atoms with Gasteiger partial charge in [-0.1, -0.05) is 0 Å². The molecule has 100 valence electrons. The molecule has 1 aromatic rings. The van der Waals surface area contributed by atoms with Crippen LogP contribution in [0.25, 0.3) is 0 Å². The van der Waals surface area contributed by atoms with Crippen molar-refractivity contribution in [3.63, 3.8) is 0 Å². The molecule has 1 aromatic heterocycles. The Morgan fingerprint density at radius 2 is 2.39 bits per heavy atom. The first-order valence-corrected chi connectivity index (χ1v) is 6.70. The predicted molar refractivity (Wildman–Crippen MR) is 71.9 cm³/mol. The maximum Gasteiger partial charge on any atom is 0.234 e. The molecule has 5 nitrogen and oxygen atoms in total. The zero-order chi connectivity index (χ0) is 12.8. The summed E-state index contributed by atoms with van der Waals surface area (Å²) in [6.45, 7) is 6.03. The van der Waals surface area contributed by atoms with E-state index in [-0.39, 0.29) is 6.10 Å². The van der Waals surface area contributed by atoms with Gasteiger partial charge in [-0.2, -0.15) is 4.98 Å². The third kappa shape index (κ3) is 4.14. The summed E-state index contributed by atoms with van der Waals surface area (Å²) in [6.07, 6.45) is 7.19. The van der Waals surface area contributed by atoms with E-state index in [9.17, 15) is 0 Å². The minimum atomic E-state index is 0.122. The summed E-state index contributed by atoms with van der Waals surface area (Å²) in [5.41, 5.74) is 0. The van der Waals surface area contributed by atoms with Gasteiger partial charge in [0, 0.05) is 12.6 Å². The number of rotatable bonds is 6. The highest BCUT2D eigenvalue weighted by Crippen LogP contribution is 2.12. The monoisotopic (exact) mass is 250 g/mol. The van der Waals surface area contributed by atoms with Crippen molar-refractivity contribution in [2.75, 3.05) is 18.4 Å². The van der Waals surface area contributed by atoms with Crippen molar-refractivity contribution in [2.24, 2.45) is 0 Å². The Kier molecular flexibility index (Phi) is 4.75. The van der Waals surface area contributed by atoms with E-state index in [1.54, 1.807) is 12.4 Å². The van der Waals surface area contributed by atoms with Gasteiger partial charge < -0.3 is 15.4 Å². The molecule has 1 saturated heterocycles. The SMILES string of the molecule is CC(C)Oc1cncc(NCC[C@H]2CCCN2)n1. The van der Waals surface area contributed by atoms with Crippen molar-refractivity contribution in [1.29, 1.82) is 0 Å². The minimum absolute atomic E-state index is 0.122. The van der Waals surface area contributed by atoms with E-state index in [1.165, 1.54) is 12.8 Å². The quantitative estimate of drug-likeness (QED) is 0.806. The lowest BCUT2D eigenvalue weighted by atomic mass is 10.1. The number of nitrogens with zero attached hydrogens (tertiary/aromatic N) is 2. The maximum absolute atomic E-state index is 5.51. The van der Waals surface area contributed by atoms with Crippen LogP contribution in [0.5, 0.6) is 5.88 Å². The van der Waals surface area contributed by atoms with Gasteiger partial charge >= 0.3 is 0 Å². The van der Waals surface area contributed by atoms with Crippen LogP contribution in [0.3, 0.4) is 0 Å². The topological polar surface area (TPSA) is 59.1 Å². The lowest BCUT2D eigenvalue weighted by molar-refractivity contribution is 0.232. The molecule has 1 aliphatic rings. The molecule has 1 atom stereocenters. The molecule has 1 aliphatic heterocycles. The highest BCUT2D eigenvalue weighted by molar-refractivity contribution is 5.33. The van der Waals surface area contributed by atoms with Gasteiger partial charge in [-0.05, 0) is 39.7 Å². The van der Waals surface area contributed by atoms with E-state index in [2.05, 4.69) is 20.6 Å². The highest BCUT2D eigenvalue weighted by atomic mass is 16.5. The normalized spacial score (nSPS) is 19.2. The maximum atomic E-state index is 5.51. The van der Waals surface area contributed by atoms with E-state index in [0.29, 0.717) is 11.9 Å². The Balaban J connectivity index is 1.77. The molecular weight excluding hydrogens is 228 g/mol. The molecule has 2 heterocycles. The van der Waals surface area contributed by atoms with Crippen LogP contribution in [-0.2, 0) is 0 Å². The van der Waals surface area contributed by atoms with Crippen LogP contribution in [0.4, 0.5) is 5.82 Å². The average molecular weight is 250 g/mol. The van der Waals surface area contributed by atoms with E-state index in [1.807, 2.05) is 13.8 Å². The Morgan fingerprint density at radius 1 is 1.50 bits per heavy atom. The Hall–Kier alpha value is -1.36. The summed E-state index contributed by atoms with van der Waals surface area (Å²) < 4.78 is 5.51. The number of aromatic nitrogens is 2. The first kappa shape index (κ1) is 13.1. The first-order valence-electron chi connectivity index (χ1n) is 6.70. The van der Waals surface area contributed by atoms with Crippen LogP contribution in [0, 0.1) is 0 Å². The fourth-order valence-electron chi connectivity index (χ4n) is 2.11. The molecule has 0 amide bonds. The largest absolute Gasteiger partial charge is 0.474 e. The fraction of sp³-hybridized carbons (Fsp3) is 0.692. The Morgan fingerprint density at radius 3 is 3.11 bits per heavy atom. The van der Waals surface area contributed by atoms with Gasteiger partial charge in [0.1, 0.15) is 5.82 Å². The van der Waals surface area contributed by atoms with Gasteiger partial charge in [-0.25, -0.2) is 0 Å². The van der Waals surface area contributed by atoms with Crippen LogP contribution in [-0.4, -0.2) is 35.2 Å². The van der Waals surface area contributed by atoms with Crippen LogP contribution in [0.1, 0.15) is 33.1 Å². The Bertz CT molecular complexity index is 364. The van der Waals surface area contributed by atoms with Crippen LogP contribution >= 0.6 is 0 Å². The molecule has 0 saturated carbocycles. The smallest absolute Gasteiger partial charge is 0.234 e. The second-order valence-electron chi connectivity index (χ2n) is 4.92. The molecule has 0 aliphatic carbocycles. The molecule has 2 rings (SSSR count). The highest BCUT2D eigenvalue weighted by Gasteiger charge is 2.13. The second-order valence-corrected chi connectivity index (χ2v) is 4.92. The third-order valence-electron chi connectivity index (χ3n) is 2.93. The molecule has 0 radical (unpaired) electrons. The summed E-state index contributed by atoms with van der Waals surface area (Å²) in [5.74, 6) is 1.36. The van der Waals surface area contributed by atoms with E-state index < -0.39 is 0 Å². The van der Waals surface area contributed by atoms with Crippen molar-refractivity contribution in [2.45, 2.75) is 45.3 Å². The van der Waals surface area contributed by atoms with Gasteiger partial charge in [0.05, 0.1) is 18.5 Å². The Labute approximate surface area is 108 Å². The van der Waals surface area contributed by atoms with Gasteiger partial charge in [0.2, 0.25) is 5.88 Å². The third-order valence-corrected chi connectivity index (χ3v) is 2.93. The standard InChI is InChI=1S/C13H22N4O/c1-10(2)18-13-9-14-8-12(17-13)16-7-5-11-4-3-6-15-11/h8-11,15H,3-7H2,1-2H3,(H,16,17)/t11-/m1/s1. The molecule has 2 N–H and O–H groups in total. The zero-order valence-electron chi connectivity index (χ0n) is 11.1. The van der Waals surface area contributed by atoms with Gasteiger partial charge in [0.15, 0.2) is 0 Å². The molecular formula is C13H22N4O. The molecule has 18 heavy (non-hydrogen) atoms. The number of ether oxygens (including phenoxy) is 1. The average Bonchev–Trinajstić information content (AvgIpc) is 2.82. The molecule has 0 bridgehead atoms. The number of nitrogens with one attached hydrogen (secondary N) is 2. The summed E-state index contributed by atoms with van der Waals surface area (Å²) in [6, 6.07) is 0.653. The van der Waals surface area contributed by atoms with Gasteiger partial charge in [0.25, 0.3) is 0 Å². The predicted octanol–water partition coefficient (Wildman–Crippen LogP) is 1.82. The summed E-state index contributed by atoms with van der Waals surface area (Å²) >= 11 is 0. The zero-order valence-corrected chi connectivity index (χ0v) is 11.1. The lowest BCUT2D eigenvalue weighted by Crippen LogP contribution is -2.24. The lowest BCUT2D eigenvalue weighted by Gasteiger charge is -2.12. The van der Waals surface area contributed by atoms with Crippen molar-refractivity contribution < 1.29 is 4.74 Å². The van der Waals surface area contributed by atoms with Gasteiger partial charge in [-0.15, -0.1) is 0 Å². The summed E-state index contributed by atoms with van der Waals surface area (Å²) in [4.78, 5) is 8.48. The number of hydrogen-bond acceptors (Lipinski definition) is 5. The van der Waals surface area contributed by atoms with E-state index in [0.717, 1.165) is 25.3 Å². The molecule has 0 aromatic carbocycles. The van der Waals surface area contributed by atoms with E-state index >= 15 is 0 Å². The van der Waals surface area contributed by atoms with E-state index in [4.69, 9.17) is 4.74 Å². The molecule has 5 heteroatoms. The van der Waals surface area contributed by atoms with Crippen LogP contribution in [0.2, 0.25) is 0 Å². The fourth-order valence-corrected chi connectivity index (χ4v) is 2.11. The van der Waals surface area contributed by atoms with Crippen molar-refractivity contribution in [3.05, 3.63) is 12.4 Å². The summed E-state index contributed by atoms with van der Waals surface area (Å²) in [7, 11) is 0. The van der Waals surface area contributed by atoms with Crippen molar-refractivity contribution >= 4 is 5.82 Å². The molecule has 0 unspecified atom stereocenters. The minimum Gasteiger partial charge on any atom is -0.474 e. The number of anilines is 1. The molecule has 0 spiro atoms. The van der Waals surface area contributed by atoms with Crippen LogP contribution in [0.15, 0.2) is 12.4 Å². The second kappa shape index (κ2) is 6.54.